The van der Waals surface area contributed by atoms with Gasteiger partial charge in [-0.15, -0.1) is 0 Å². The van der Waals surface area contributed by atoms with Crippen LogP contribution in [0, 0.1) is 5.82 Å². The van der Waals surface area contributed by atoms with Crippen molar-refractivity contribution in [2.75, 3.05) is 0 Å². The summed E-state index contributed by atoms with van der Waals surface area (Å²) in [6, 6.07) is 13.9. The molecule has 2 atom stereocenters. The van der Waals surface area contributed by atoms with Crippen LogP contribution in [-0.4, -0.2) is 28.6 Å². The first kappa shape index (κ1) is 21.6. The molecule has 1 amide bonds. The number of amides is 1. The zero-order valence-electron chi connectivity index (χ0n) is 16.0. The summed E-state index contributed by atoms with van der Waals surface area (Å²) in [5.41, 5.74) is 6.71. The Kier molecular flexibility index (Phi) is 7.70. The van der Waals surface area contributed by atoms with Crippen LogP contribution in [0.15, 0.2) is 54.6 Å². The highest BCUT2D eigenvalue weighted by Gasteiger charge is 2.36. The summed E-state index contributed by atoms with van der Waals surface area (Å²) in [4.78, 5) is 24.7. The number of carboxylic acid groups (broad SMARTS) is 1. The van der Waals surface area contributed by atoms with E-state index in [2.05, 4.69) is 5.32 Å². The SMILES string of the molecule is CCCCC(N)(Cc1ccc(F)cc1)C(=O)N[C@@H](Cc1ccccc1)C(=O)O. The maximum atomic E-state index is 13.2. The molecule has 0 aliphatic carbocycles. The summed E-state index contributed by atoms with van der Waals surface area (Å²) in [6.45, 7) is 1.99. The van der Waals surface area contributed by atoms with Gasteiger partial charge < -0.3 is 16.2 Å². The van der Waals surface area contributed by atoms with E-state index in [1.54, 1.807) is 12.1 Å². The lowest BCUT2D eigenvalue weighted by molar-refractivity contribution is -0.142. The molecule has 0 aliphatic rings. The first-order valence-corrected chi connectivity index (χ1v) is 9.45. The second-order valence-electron chi connectivity index (χ2n) is 7.12. The summed E-state index contributed by atoms with van der Waals surface area (Å²) in [5.74, 6) is -1.98. The third-order valence-corrected chi connectivity index (χ3v) is 4.75. The number of unbranched alkanes of at least 4 members (excludes halogenated alkanes) is 1. The second-order valence-corrected chi connectivity index (χ2v) is 7.12. The van der Waals surface area contributed by atoms with Gasteiger partial charge in [0.15, 0.2) is 0 Å². The van der Waals surface area contributed by atoms with Gasteiger partial charge >= 0.3 is 5.97 Å². The van der Waals surface area contributed by atoms with Crippen molar-refractivity contribution < 1.29 is 19.1 Å². The number of benzene rings is 2. The Hall–Kier alpha value is -2.73. The Morgan fingerprint density at radius 1 is 1.11 bits per heavy atom. The van der Waals surface area contributed by atoms with E-state index in [1.165, 1.54) is 12.1 Å². The van der Waals surface area contributed by atoms with Gasteiger partial charge in [-0.2, -0.15) is 0 Å². The van der Waals surface area contributed by atoms with E-state index in [1.807, 2.05) is 37.3 Å². The highest BCUT2D eigenvalue weighted by Crippen LogP contribution is 2.19. The van der Waals surface area contributed by atoms with E-state index in [4.69, 9.17) is 5.73 Å². The van der Waals surface area contributed by atoms with Crippen LogP contribution in [-0.2, 0) is 22.4 Å². The number of rotatable bonds is 10. The number of carbonyl (C=O) groups is 2. The lowest BCUT2D eigenvalue weighted by Gasteiger charge is -2.30. The van der Waals surface area contributed by atoms with Gasteiger partial charge in [0, 0.05) is 6.42 Å². The normalized spacial score (nSPS) is 14.1. The van der Waals surface area contributed by atoms with Crippen molar-refractivity contribution in [1.29, 1.82) is 0 Å². The molecule has 2 aromatic rings. The van der Waals surface area contributed by atoms with Crippen LogP contribution >= 0.6 is 0 Å². The van der Waals surface area contributed by atoms with E-state index in [-0.39, 0.29) is 18.7 Å². The number of nitrogens with two attached hydrogens (primary N) is 1. The maximum Gasteiger partial charge on any atom is 0.326 e. The number of halogens is 1. The molecule has 0 spiro atoms. The molecule has 0 radical (unpaired) electrons. The van der Waals surface area contributed by atoms with Crippen LogP contribution in [0.1, 0.15) is 37.3 Å². The Labute approximate surface area is 164 Å². The van der Waals surface area contributed by atoms with Crippen molar-refractivity contribution in [3.8, 4) is 0 Å². The smallest absolute Gasteiger partial charge is 0.326 e. The van der Waals surface area contributed by atoms with E-state index < -0.39 is 23.5 Å². The summed E-state index contributed by atoms with van der Waals surface area (Å²) >= 11 is 0. The van der Waals surface area contributed by atoms with Crippen molar-refractivity contribution in [1.82, 2.24) is 5.32 Å². The summed E-state index contributed by atoms with van der Waals surface area (Å²) < 4.78 is 13.2. The minimum Gasteiger partial charge on any atom is -0.480 e. The van der Waals surface area contributed by atoms with E-state index in [9.17, 15) is 19.1 Å². The fourth-order valence-electron chi connectivity index (χ4n) is 3.09. The third-order valence-electron chi connectivity index (χ3n) is 4.75. The second kappa shape index (κ2) is 9.99. The summed E-state index contributed by atoms with van der Waals surface area (Å²) in [5, 5.41) is 12.2. The van der Waals surface area contributed by atoms with Crippen molar-refractivity contribution in [3.63, 3.8) is 0 Å². The van der Waals surface area contributed by atoms with Gasteiger partial charge in [-0.3, -0.25) is 4.79 Å². The first-order valence-electron chi connectivity index (χ1n) is 9.45. The molecule has 1 unspecified atom stereocenters. The van der Waals surface area contributed by atoms with Crippen LogP contribution in [0.3, 0.4) is 0 Å². The van der Waals surface area contributed by atoms with Gasteiger partial charge in [-0.25, -0.2) is 9.18 Å². The van der Waals surface area contributed by atoms with Crippen molar-refractivity contribution in [2.45, 2.75) is 50.6 Å². The zero-order chi connectivity index (χ0) is 20.6. The monoisotopic (exact) mass is 386 g/mol. The molecule has 0 heterocycles. The van der Waals surface area contributed by atoms with Crippen LogP contribution in [0.2, 0.25) is 0 Å². The fraction of sp³-hybridized carbons (Fsp3) is 0.364. The van der Waals surface area contributed by atoms with Crippen LogP contribution in [0.5, 0.6) is 0 Å². The van der Waals surface area contributed by atoms with Crippen LogP contribution in [0.25, 0.3) is 0 Å². The molecule has 0 fully saturated rings. The number of aliphatic carboxylic acids is 1. The maximum absolute atomic E-state index is 13.2. The fourth-order valence-corrected chi connectivity index (χ4v) is 3.09. The molecule has 0 bridgehead atoms. The Morgan fingerprint density at radius 3 is 2.32 bits per heavy atom. The number of nitrogens with one attached hydrogen (secondary N) is 1. The van der Waals surface area contributed by atoms with Gasteiger partial charge in [0.25, 0.3) is 0 Å². The van der Waals surface area contributed by atoms with Gasteiger partial charge in [0.05, 0.1) is 5.54 Å². The zero-order valence-corrected chi connectivity index (χ0v) is 16.0. The van der Waals surface area contributed by atoms with Gasteiger partial charge in [0.2, 0.25) is 5.91 Å². The topological polar surface area (TPSA) is 92.4 Å². The molecule has 0 aromatic heterocycles. The van der Waals surface area contributed by atoms with E-state index >= 15 is 0 Å². The largest absolute Gasteiger partial charge is 0.480 e. The van der Waals surface area contributed by atoms with Gasteiger partial charge in [0.1, 0.15) is 11.9 Å². The number of hydrogen-bond donors (Lipinski definition) is 3. The molecule has 6 heteroatoms. The number of carbonyl (C=O) groups excluding carboxylic acids is 1. The lowest BCUT2D eigenvalue weighted by atomic mass is 9.85. The van der Waals surface area contributed by atoms with Crippen LogP contribution in [0.4, 0.5) is 4.39 Å². The molecule has 2 rings (SSSR count). The molecule has 150 valence electrons. The highest BCUT2D eigenvalue weighted by atomic mass is 19.1. The molecule has 2 aromatic carbocycles. The van der Waals surface area contributed by atoms with E-state index in [0.717, 1.165) is 24.0 Å². The Balaban J connectivity index is 2.17. The predicted molar refractivity (Wildman–Crippen MR) is 106 cm³/mol. The lowest BCUT2D eigenvalue weighted by Crippen LogP contribution is -2.59. The van der Waals surface area contributed by atoms with E-state index in [0.29, 0.717) is 6.42 Å². The first-order chi connectivity index (χ1) is 13.3. The van der Waals surface area contributed by atoms with Crippen molar-refractivity contribution >= 4 is 11.9 Å². The molecule has 0 saturated heterocycles. The molecule has 28 heavy (non-hydrogen) atoms. The highest BCUT2D eigenvalue weighted by molar-refractivity contribution is 5.90. The summed E-state index contributed by atoms with van der Waals surface area (Å²) in [6.07, 6.45) is 2.35. The molecule has 0 aliphatic heterocycles. The van der Waals surface area contributed by atoms with Gasteiger partial charge in [-0.05, 0) is 36.1 Å². The summed E-state index contributed by atoms with van der Waals surface area (Å²) in [7, 11) is 0. The average Bonchev–Trinajstić information content (AvgIpc) is 2.68. The van der Waals surface area contributed by atoms with Crippen molar-refractivity contribution in [3.05, 3.63) is 71.5 Å². The molecule has 4 N–H and O–H groups in total. The molecule has 0 saturated carbocycles. The molecular weight excluding hydrogens is 359 g/mol. The third kappa shape index (κ3) is 6.16. The minimum atomic E-state index is -1.27. The molecular formula is C22H27FN2O3. The predicted octanol–water partition coefficient (Wildman–Crippen LogP) is 3.07. The molecule has 5 nitrogen and oxygen atoms in total. The quantitative estimate of drug-likeness (QED) is 0.585. The standard InChI is InChI=1S/C22H27FN2O3/c1-2-3-13-22(24,15-17-9-11-18(23)12-10-17)21(28)25-19(20(26)27)14-16-7-5-4-6-8-16/h4-12,19H,2-3,13-15,24H2,1H3,(H,25,28)(H,26,27)/t19-,22?/m0/s1. The van der Waals surface area contributed by atoms with Gasteiger partial charge in [-0.1, -0.05) is 62.2 Å². The van der Waals surface area contributed by atoms with Crippen LogP contribution < -0.4 is 11.1 Å². The minimum absolute atomic E-state index is 0.169. The Morgan fingerprint density at radius 2 is 1.75 bits per heavy atom. The number of carboxylic acids is 1. The number of hydrogen-bond acceptors (Lipinski definition) is 3. The Bertz CT molecular complexity index is 780. The average molecular weight is 386 g/mol. The van der Waals surface area contributed by atoms with Crippen molar-refractivity contribution in [2.24, 2.45) is 5.73 Å².